The minimum absolute atomic E-state index is 0.0248. The number of amidine groups is 1. The molecule has 0 atom stereocenters. The van der Waals surface area contributed by atoms with Gasteiger partial charge in [-0.2, -0.15) is 0 Å². The van der Waals surface area contributed by atoms with Gasteiger partial charge in [-0.15, -0.1) is 0 Å². The van der Waals surface area contributed by atoms with Gasteiger partial charge in [-0.05, 0) is 99.1 Å². The van der Waals surface area contributed by atoms with E-state index in [9.17, 15) is 4.79 Å². The molecule has 4 rings (SSSR count). The molecule has 0 N–H and O–H groups in total. The average Bonchev–Trinajstić information content (AvgIpc) is 3.28. The number of amides is 1. The summed E-state index contributed by atoms with van der Waals surface area (Å²) in [5.41, 5.74) is 5.42. The highest BCUT2D eigenvalue weighted by Gasteiger charge is 2.32. The van der Waals surface area contributed by atoms with E-state index in [0.29, 0.717) is 24.6 Å². The molecule has 1 fully saturated rings. The smallest absolute Gasteiger partial charge is 0.266 e. The van der Waals surface area contributed by atoms with Crippen LogP contribution in [-0.4, -0.2) is 33.6 Å². The maximum Gasteiger partial charge on any atom is 0.266 e. The fraction of sp³-hybridized carbons (Fsp3) is 0.259. The molecule has 1 aliphatic heterocycles. The molecule has 0 unspecified atom stereocenters. The van der Waals surface area contributed by atoms with E-state index in [1.807, 2.05) is 56.3 Å². The fourth-order valence-electron chi connectivity index (χ4n) is 3.95. The summed E-state index contributed by atoms with van der Waals surface area (Å²) < 4.78 is 9.21. The van der Waals surface area contributed by atoms with Gasteiger partial charge in [0.2, 0.25) is 0 Å². The Morgan fingerprint density at radius 1 is 1.06 bits per heavy atom. The predicted molar refractivity (Wildman–Crippen MR) is 145 cm³/mol. The second kappa shape index (κ2) is 10.7. The van der Waals surface area contributed by atoms with E-state index < -0.39 is 0 Å². The monoisotopic (exact) mass is 537 g/mol. The number of carbonyl (C=O) groups excluding carboxylic acids is 1. The standard InChI is InChI=1S/C27H28BrN3O2S/c1-5-29-27-30(6-2)26(32)25(34-27)16-21-15-18(3)31(19(21)4)23-11-13-24(14-12-23)33-17-20-7-9-22(28)10-8-20/h7-16H,5-6,17H2,1-4H3/b25-16+,29-27?. The molecule has 2 heterocycles. The van der Waals surface area contributed by atoms with Gasteiger partial charge in [0.1, 0.15) is 12.4 Å². The van der Waals surface area contributed by atoms with Crippen LogP contribution in [0, 0.1) is 13.8 Å². The number of ether oxygens (including phenoxy) is 1. The Bertz CT molecular complexity index is 1240. The Morgan fingerprint density at radius 2 is 1.76 bits per heavy atom. The fourth-order valence-corrected chi connectivity index (χ4v) is 5.31. The van der Waals surface area contributed by atoms with E-state index in [2.05, 4.69) is 57.5 Å². The first-order chi connectivity index (χ1) is 16.4. The second-order valence-electron chi connectivity index (χ2n) is 7.99. The van der Waals surface area contributed by atoms with Crippen LogP contribution in [0.15, 0.2) is 69.0 Å². The van der Waals surface area contributed by atoms with Crippen LogP contribution in [0.25, 0.3) is 11.8 Å². The Morgan fingerprint density at radius 3 is 2.41 bits per heavy atom. The molecule has 1 aliphatic rings. The molecule has 1 aromatic heterocycles. The number of thioether (sulfide) groups is 1. The van der Waals surface area contributed by atoms with Gasteiger partial charge in [0.15, 0.2) is 5.17 Å². The van der Waals surface area contributed by atoms with Crippen LogP contribution in [0.4, 0.5) is 0 Å². The minimum atomic E-state index is 0.0248. The molecule has 5 nitrogen and oxygen atoms in total. The van der Waals surface area contributed by atoms with Crippen LogP contribution in [0.2, 0.25) is 0 Å². The number of rotatable bonds is 7. The van der Waals surface area contributed by atoms with Gasteiger partial charge < -0.3 is 9.30 Å². The number of hydrogen-bond acceptors (Lipinski definition) is 4. The summed E-state index contributed by atoms with van der Waals surface area (Å²) in [6, 6.07) is 18.4. The number of carbonyl (C=O) groups is 1. The summed E-state index contributed by atoms with van der Waals surface area (Å²) in [5, 5.41) is 0.786. The van der Waals surface area contributed by atoms with Crippen molar-refractivity contribution >= 4 is 44.8 Å². The molecule has 34 heavy (non-hydrogen) atoms. The quantitative estimate of drug-likeness (QED) is 0.313. The van der Waals surface area contributed by atoms with Gasteiger partial charge in [-0.25, -0.2) is 0 Å². The van der Waals surface area contributed by atoms with Crippen molar-refractivity contribution in [2.45, 2.75) is 34.3 Å². The van der Waals surface area contributed by atoms with Crippen LogP contribution in [-0.2, 0) is 11.4 Å². The maximum absolute atomic E-state index is 12.9. The Balaban J connectivity index is 1.53. The lowest BCUT2D eigenvalue weighted by atomic mass is 10.2. The summed E-state index contributed by atoms with van der Waals surface area (Å²) in [5.74, 6) is 0.851. The number of aryl methyl sites for hydroxylation is 1. The van der Waals surface area contributed by atoms with E-state index in [1.165, 1.54) is 11.8 Å². The van der Waals surface area contributed by atoms with E-state index in [4.69, 9.17) is 4.74 Å². The third kappa shape index (κ3) is 5.15. The zero-order chi connectivity index (χ0) is 24.2. The van der Waals surface area contributed by atoms with Gasteiger partial charge in [0.05, 0.1) is 4.91 Å². The molecule has 1 saturated heterocycles. The number of halogens is 1. The highest BCUT2D eigenvalue weighted by atomic mass is 79.9. The van der Waals surface area contributed by atoms with Crippen LogP contribution >= 0.6 is 27.7 Å². The summed E-state index contributed by atoms with van der Waals surface area (Å²) >= 11 is 4.91. The number of aliphatic imine (C=N–C) groups is 1. The van der Waals surface area contributed by atoms with Crippen LogP contribution in [0.1, 0.15) is 36.4 Å². The van der Waals surface area contributed by atoms with Crippen molar-refractivity contribution in [3.8, 4) is 11.4 Å². The zero-order valence-electron chi connectivity index (χ0n) is 19.8. The highest BCUT2D eigenvalue weighted by Crippen LogP contribution is 2.34. The van der Waals surface area contributed by atoms with E-state index >= 15 is 0 Å². The Kier molecular flexibility index (Phi) is 7.63. The largest absolute Gasteiger partial charge is 0.489 e. The van der Waals surface area contributed by atoms with Crippen molar-refractivity contribution in [3.05, 3.63) is 86.5 Å². The van der Waals surface area contributed by atoms with E-state index in [1.54, 1.807) is 4.90 Å². The summed E-state index contributed by atoms with van der Waals surface area (Å²) in [6.07, 6.45) is 1.99. The summed E-state index contributed by atoms with van der Waals surface area (Å²) in [7, 11) is 0. The van der Waals surface area contributed by atoms with Crippen molar-refractivity contribution < 1.29 is 9.53 Å². The maximum atomic E-state index is 12.9. The molecule has 7 heteroatoms. The lowest BCUT2D eigenvalue weighted by Gasteiger charge is -2.12. The summed E-state index contributed by atoms with van der Waals surface area (Å²) in [6.45, 7) is 9.94. The lowest BCUT2D eigenvalue weighted by molar-refractivity contribution is -0.122. The van der Waals surface area contributed by atoms with Crippen molar-refractivity contribution in [1.29, 1.82) is 0 Å². The third-order valence-electron chi connectivity index (χ3n) is 5.67. The Hall–Kier alpha value is -2.77. The SMILES string of the molecule is CCN=C1S/C(=C/c2cc(C)n(-c3ccc(OCc4ccc(Br)cc4)cc3)c2C)C(=O)N1CC. The van der Waals surface area contributed by atoms with Gasteiger partial charge in [-0.3, -0.25) is 14.7 Å². The lowest BCUT2D eigenvalue weighted by Crippen LogP contribution is -2.28. The molecule has 0 aliphatic carbocycles. The first kappa shape index (κ1) is 24.4. The highest BCUT2D eigenvalue weighted by molar-refractivity contribution is 9.10. The van der Waals surface area contributed by atoms with Crippen molar-refractivity contribution in [2.24, 2.45) is 4.99 Å². The molecule has 0 spiro atoms. The van der Waals surface area contributed by atoms with Gasteiger partial charge in [-0.1, -0.05) is 28.1 Å². The molecule has 0 bridgehead atoms. The summed E-state index contributed by atoms with van der Waals surface area (Å²) in [4.78, 5) is 19.8. The predicted octanol–water partition coefficient (Wildman–Crippen LogP) is 6.75. The number of likely N-dealkylation sites (N-methyl/N-ethyl adjacent to an activating group) is 1. The number of benzene rings is 2. The third-order valence-corrected chi connectivity index (χ3v) is 7.24. The minimum Gasteiger partial charge on any atom is -0.489 e. The molecule has 176 valence electrons. The molecule has 1 amide bonds. The van der Waals surface area contributed by atoms with Gasteiger partial charge in [0, 0.05) is 34.6 Å². The van der Waals surface area contributed by atoms with E-state index in [0.717, 1.165) is 43.6 Å². The molecule has 3 aromatic rings. The topological polar surface area (TPSA) is 46.8 Å². The van der Waals surface area contributed by atoms with Gasteiger partial charge >= 0.3 is 0 Å². The van der Waals surface area contributed by atoms with Crippen molar-refractivity contribution in [2.75, 3.05) is 13.1 Å². The van der Waals surface area contributed by atoms with E-state index in [-0.39, 0.29) is 5.91 Å². The molecular weight excluding hydrogens is 510 g/mol. The first-order valence-corrected chi connectivity index (χ1v) is 12.9. The zero-order valence-corrected chi connectivity index (χ0v) is 22.2. The number of aromatic nitrogens is 1. The number of hydrogen-bond donors (Lipinski definition) is 0. The van der Waals surface area contributed by atoms with Crippen molar-refractivity contribution in [1.82, 2.24) is 9.47 Å². The van der Waals surface area contributed by atoms with Crippen LogP contribution in [0.5, 0.6) is 5.75 Å². The average molecular weight is 539 g/mol. The van der Waals surface area contributed by atoms with Crippen LogP contribution < -0.4 is 4.74 Å². The van der Waals surface area contributed by atoms with Crippen molar-refractivity contribution in [3.63, 3.8) is 0 Å². The molecule has 0 saturated carbocycles. The first-order valence-electron chi connectivity index (χ1n) is 11.3. The van der Waals surface area contributed by atoms with Gasteiger partial charge in [0.25, 0.3) is 5.91 Å². The molecule has 0 radical (unpaired) electrons. The Labute approximate surface area is 213 Å². The normalized spacial score (nSPS) is 16.1. The second-order valence-corrected chi connectivity index (χ2v) is 9.91. The van der Waals surface area contributed by atoms with Crippen LogP contribution in [0.3, 0.4) is 0 Å². The number of nitrogens with zero attached hydrogens (tertiary/aromatic N) is 3. The molecule has 2 aromatic carbocycles. The molecular formula is C27H28BrN3O2S.